The molecule has 0 unspecified atom stereocenters. The Balaban J connectivity index is 2.86. The first-order chi connectivity index (χ1) is 7.54. The maximum atomic E-state index is 11.2. The van der Waals surface area contributed by atoms with Crippen LogP contribution >= 0.6 is 0 Å². The van der Waals surface area contributed by atoms with Crippen LogP contribution in [-0.4, -0.2) is 0 Å². The summed E-state index contributed by atoms with van der Waals surface area (Å²) >= 11 is 0. The molecular weight excluding hydrogens is 202 g/mol. The molecular formula is C13H11NO2. The molecule has 3 heteroatoms. The molecule has 16 heavy (non-hydrogen) atoms. The molecule has 0 bridgehead atoms. The Labute approximate surface area is 92.9 Å². The van der Waals surface area contributed by atoms with Crippen molar-refractivity contribution in [2.24, 2.45) is 0 Å². The quantitative estimate of drug-likeness (QED) is 0.684. The van der Waals surface area contributed by atoms with Crippen molar-refractivity contribution in [3.05, 3.63) is 46.3 Å². The lowest BCUT2D eigenvalue weighted by Crippen LogP contribution is -2.14. The number of rotatable bonds is 1. The van der Waals surface area contributed by atoms with Gasteiger partial charge < -0.3 is 4.42 Å². The first-order valence-corrected chi connectivity index (χ1v) is 4.99. The average molecular weight is 213 g/mol. The fraction of sp³-hybridized carbons (Fsp3) is 0.231. The zero-order valence-corrected chi connectivity index (χ0v) is 9.15. The summed E-state index contributed by atoms with van der Waals surface area (Å²) in [6.45, 7) is 3.60. The molecule has 1 aromatic carbocycles. The van der Waals surface area contributed by atoms with Crippen molar-refractivity contribution in [3.8, 4) is 6.07 Å². The molecule has 1 heterocycles. The van der Waals surface area contributed by atoms with Crippen molar-refractivity contribution in [1.29, 1.82) is 5.26 Å². The number of hydrogen-bond acceptors (Lipinski definition) is 3. The Morgan fingerprint density at radius 3 is 2.69 bits per heavy atom. The molecule has 0 radical (unpaired) electrons. The molecule has 0 N–H and O–H groups in total. The van der Waals surface area contributed by atoms with Crippen molar-refractivity contribution >= 4 is 11.0 Å². The standard InChI is InChI=1S/C13H11NO2/c1-13(2,8-14)10-5-3-4-9-6-7-11(15)16-12(9)10/h3-7H,1-2H3. The van der Waals surface area contributed by atoms with Crippen LogP contribution in [0.3, 0.4) is 0 Å². The lowest BCUT2D eigenvalue weighted by Gasteiger charge is -2.16. The second kappa shape index (κ2) is 3.49. The Morgan fingerprint density at radius 1 is 1.25 bits per heavy atom. The molecule has 0 atom stereocenters. The van der Waals surface area contributed by atoms with Crippen molar-refractivity contribution in [2.45, 2.75) is 19.3 Å². The first kappa shape index (κ1) is 10.4. The molecule has 2 rings (SSSR count). The summed E-state index contributed by atoms with van der Waals surface area (Å²) in [6, 6.07) is 10.8. The van der Waals surface area contributed by atoms with Gasteiger partial charge in [0.05, 0.1) is 11.5 Å². The molecule has 3 nitrogen and oxygen atoms in total. The fourth-order valence-corrected chi connectivity index (χ4v) is 1.64. The van der Waals surface area contributed by atoms with E-state index in [4.69, 9.17) is 9.68 Å². The second-order valence-electron chi connectivity index (χ2n) is 4.22. The van der Waals surface area contributed by atoms with Crippen LogP contribution in [0.5, 0.6) is 0 Å². The van der Waals surface area contributed by atoms with Crippen molar-refractivity contribution in [2.75, 3.05) is 0 Å². The van der Waals surface area contributed by atoms with Crippen LogP contribution in [0.4, 0.5) is 0 Å². The third-order valence-corrected chi connectivity index (χ3v) is 2.60. The Kier molecular flexibility index (Phi) is 2.28. The van der Waals surface area contributed by atoms with E-state index in [1.165, 1.54) is 6.07 Å². The van der Waals surface area contributed by atoms with E-state index in [2.05, 4.69) is 6.07 Å². The highest BCUT2D eigenvalue weighted by Crippen LogP contribution is 2.28. The summed E-state index contributed by atoms with van der Waals surface area (Å²) < 4.78 is 5.17. The van der Waals surface area contributed by atoms with E-state index >= 15 is 0 Å². The van der Waals surface area contributed by atoms with E-state index in [0.717, 1.165) is 10.9 Å². The number of fused-ring (bicyclic) bond motifs is 1. The van der Waals surface area contributed by atoms with E-state index in [9.17, 15) is 4.79 Å². The predicted molar refractivity (Wildman–Crippen MR) is 61.1 cm³/mol. The fourth-order valence-electron chi connectivity index (χ4n) is 1.64. The van der Waals surface area contributed by atoms with Crippen molar-refractivity contribution in [3.63, 3.8) is 0 Å². The maximum Gasteiger partial charge on any atom is 0.336 e. The molecule has 1 aromatic heterocycles. The van der Waals surface area contributed by atoms with Gasteiger partial charge in [0.1, 0.15) is 5.58 Å². The third kappa shape index (κ3) is 1.59. The van der Waals surface area contributed by atoms with Gasteiger partial charge in [-0.05, 0) is 19.9 Å². The summed E-state index contributed by atoms with van der Waals surface area (Å²) in [5.41, 5.74) is 0.178. The highest BCUT2D eigenvalue weighted by Gasteiger charge is 2.23. The van der Waals surface area contributed by atoms with Gasteiger partial charge in [-0.25, -0.2) is 4.79 Å². The summed E-state index contributed by atoms with van der Waals surface area (Å²) in [6.07, 6.45) is 0. The lowest BCUT2D eigenvalue weighted by molar-refractivity contribution is 0.546. The third-order valence-electron chi connectivity index (χ3n) is 2.60. The Hall–Kier alpha value is -2.08. The molecule has 0 aliphatic rings. The van der Waals surface area contributed by atoms with Gasteiger partial charge >= 0.3 is 5.63 Å². The number of benzene rings is 1. The van der Waals surface area contributed by atoms with Gasteiger partial charge in [0.15, 0.2) is 0 Å². The SMILES string of the molecule is CC(C)(C#N)c1cccc2ccc(=O)oc12. The van der Waals surface area contributed by atoms with Gasteiger partial charge in [0, 0.05) is 17.0 Å². The van der Waals surface area contributed by atoms with Crippen LogP contribution in [-0.2, 0) is 5.41 Å². The van der Waals surface area contributed by atoms with Gasteiger partial charge in [0.25, 0.3) is 0 Å². The molecule has 0 saturated heterocycles. The molecule has 0 aliphatic heterocycles. The van der Waals surface area contributed by atoms with Gasteiger partial charge in [-0.15, -0.1) is 0 Å². The van der Waals surface area contributed by atoms with Crippen LogP contribution in [0.1, 0.15) is 19.4 Å². The summed E-state index contributed by atoms with van der Waals surface area (Å²) in [4.78, 5) is 11.2. The van der Waals surface area contributed by atoms with Gasteiger partial charge in [-0.1, -0.05) is 18.2 Å². The molecule has 0 aliphatic carbocycles. The van der Waals surface area contributed by atoms with Crippen molar-refractivity contribution < 1.29 is 4.42 Å². The van der Waals surface area contributed by atoms with E-state index in [-0.39, 0.29) is 0 Å². The highest BCUT2D eigenvalue weighted by atomic mass is 16.4. The predicted octanol–water partition coefficient (Wildman–Crippen LogP) is 2.59. The lowest BCUT2D eigenvalue weighted by atomic mass is 9.85. The topological polar surface area (TPSA) is 54.0 Å². The molecule has 0 fully saturated rings. The molecule has 80 valence electrons. The molecule has 2 aromatic rings. The molecule has 0 spiro atoms. The van der Waals surface area contributed by atoms with E-state index < -0.39 is 11.0 Å². The Bertz CT molecular complexity index is 632. The van der Waals surface area contributed by atoms with Crippen molar-refractivity contribution in [1.82, 2.24) is 0 Å². The molecule has 0 saturated carbocycles. The normalized spacial score (nSPS) is 11.3. The average Bonchev–Trinajstić information content (AvgIpc) is 2.28. The van der Waals surface area contributed by atoms with E-state index in [0.29, 0.717) is 5.58 Å². The number of para-hydroxylation sites is 1. The zero-order chi connectivity index (χ0) is 11.8. The van der Waals surface area contributed by atoms with Crippen LogP contribution in [0, 0.1) is 11.3 Å². The summed E-state index contributed by atoms with van der Waals surface area (Å²) in [5, 5.41) is 9.94. The number of hydrogen-bond donors (Lipinski definition) is 0. The highest BCUT2D eigenvalue weighted by molar-refractivity contribution is 5.81. The minimum Gasteiger partial charge on any atom is -0.422 e. The van der Waals surface area contributed by atoms with Crippen LogP contribution < -0.4 is 5.63 Å². The Morgan fingerprint density at radius 2 is 2.00 bits per heavy atom. The number of nitrogens with zero attached hydrogens (tertiary/aromatic N) is 1. The zero-order valence-electron chi connectivity index (χ0n) is 9.15. The largest absolute Gasteiger partial charge is 0.422 e. The van der Waals surface area contributed by atoms with Crippen LogP contribution in [0.15, 0.2) is 39.5 Å². The first-order valence-electron chi connectivity index (χ1n) is 4.99. The smallest absolute Gasteiger partial charge is 0.336 e. The van der Waals surface area contributed by atoms with E-state index in [1.807, 2.05) is 18.2 Å². The minimum atomic E-state index is -0.670. The summed E-state index contributed by atoms with van der Waals surface area (Å²) in [7, 11) is 0. The number of nitriles is 1. The summed E-state index contributed by atoms with van der Waals surface area (Å²) in [5.74, 6) is 0. The monoisotopic (exact) mass is 213 g/mol. The van der Waals surface area contributed by atoms with Gasteiger partial charge in [-0.2, -0.15) is 5.26 Å². The maximum absolute atomic E-state index is 11.2. The van der Waals surface area contributed by atoms with Crippen LogP contribution in [0.25, 0.3) is 11.0 Å². The molecule has 0 amide bonds. The van der Waals surface area contributed by atoms with Crippen LogP contribution in [0.2, 0.25) is 0 Å². The van der Waals surface area contributed by atoms with Gasteiger partial charge in [0.2, 0.25) is 0 Å². The van der Waals surface area contributed by atoms with E-state index in [1.54, 1.807) is 19.9 Å². The minimum absolute atomic E-state index is 0.395. The second-order valence-corrected chi connectivity index (χ2v) is 4.22. The van der Waals surface area contributed by atoms with Gasteiger partial charge in [-0.3, -0.25) is 0 Å².